The molecule has 0 bridgehead atoms. The molecule has 0 radical (unpaired) electrons. The fraction of sp³-hybridized carbons (Fsp3) is 0. The standard InChI is InChI=1S/C12H10F2N2O/c13-8-2-1-3-11(12(8)14)17-7-4-5-9(15)10(16)6-7/h1-6H,15-16H2. The maximum atomic E-state index is 13.3. The number of hydrogen-bond donors (Lipinski definition) is 2. The van der Waals surface area contributed by atoms with Crippen molar-refractivity contribution in [3.05, 3.63) is 48.0 Å². The van der Waals surface area contributed by atoms with Crippen LogP contribution in [-0.4, -0.2) is 0 Å². The lowest BCUT2D eigenvalue weighted by Crippen LogP contribution is -1.96. The summed E-state index contributed by atoms with van der Waals surface area (Å²) in [5.41, 5.74) is 11.8. The van der Waals surface area contributed by atoms with Crippen molar-refractivity contribution in [2.24, 2.45) is 0 Å². The summed E-state index contributed by atoms with van der Waals surface area (Å²) in [6.45, 7) is 0. The predicted octanol–water partition coefficient (Wildman–Crippen LogP) is 2.92. The van der Waals surface area contributed by atoms with Crippen molar-refractivity contribution in [2.45, 2.75) is 0 Å². The zero-order valence-electron chi connectivity index (χ0n) is 8.78. The highest BCUT2D eigenvalue weighted by Crippen LogP contribution is 2.28. The molecule has 0 heterocycles. The van der Waals surface area contributed by atoms with Crippen LogP contribution in [-0.2, 0) is 0 Å². The molecule has 4 N–H and O–H groups in total. The molecule has 0 saturated heterocycles. The average Bonchev–Trinajstić information content (AvgIpc) is 2.30. The molecule has 0 saturated carbocycles. The average molecular weight is 236 g/mol. The van der Waals surface area contributed by atoms with Crippen LogP contribution in [0, 0.1) is 11.6 Å². The van der Waals surface area contributed by atoms with Gasteiger partial charge in [-0.25, -0.2) is 4.39 Å². The lowest BCUT2D eigenvalue weighted by atomic mass is 10.2. The summed E-state index contributed by atoms with van der Waals surface area (Å²) < 4.78 is 31.4. The predicted molar refractivity (Wildman–Crippen MR) is 61.7 cm³/mol. The summed E-state index contributed by atoms with van der Waals surface area (Å²) in [5, 5.41) is 0. The Morgan fingerprint density at radius 1 is 0.941 bits per heavy atom. The summed E-state index contributed by atoms with van der Waals surface area (Å²) in [4.78, 5) is 0. The van der Waals surface area contributed by atoms with Gasteiger partial charge in [0, 0.05) is 6.07 Å². The third kappa shape index (κ3) is 2.28. The smallest absolute Gasteiger partial charge is 0.201 e. The van der Waals surface area contributed by atoms with Crippen LogP contribution < -0.4 is 16.2 Å². The molecule has 0 spiro atoms. The number of hydrogen-bond acceptors (Lipinski definition) is 3. The van der Waals surface area contributed by atoms with E-state index in [1.807, 2.05) is 0 Å². The van der Waals surface area contributed by atoms with E-state index in [2.05, 4.69) is 0 Å². The summed E-state index contributed by atoms with van der Waals surface area (Å²) in [5.74, 6) is -1.91. The Balaban J connectivity index is 2.31. The number of nitrogen functional groups attached to an aromatic ring is 2. The van der Waals surface area contributed by atoms with Crippen molar-refractivity contribution >= 4 is 11.4 Å². The van der Waals surface area contributed by atoms with Crippen LogP contribution in [0.25, 0.3) is 0 Å². The van der Waals surface area contributed by atoms with Crippen molar-refractivity contribution in [3.63, 3.8) is 0 Å². The number of ether oxygens (including phenoxy) is 1. The number of nitrogens with two attached hydrogens (primary N) is 2. The largest absolute Gasteiger partial charge is 0.454 e. The highest BCUT2D eigenvalue weighted by molar-refractivity contribution is 5.65. The lowest BCUT2D eigenvalue weighted by Gasteiger charge is -2.08. The molecular formula is C12H10F2N2O. The van der Waals surface area contributed by atoms with Gasteiger partial charge in [-0.05, 0) is 24.3 Å². The topological polar surface area (TPSA) is 61.3 Å². The van der Waals surface area contributed by atoms with E-state index in [-0.39, 0.29) is 5.75 Å². The molecule has 17 heavy (non-hydrogen) atoms. The van der Waals surface area contributed by atoms with Crippen LogP contribution >= 0.6 is 0 Å². The number of benzene rings is 2. The van der Waals surface area contributed by atoms with E-state index in [0.29, 0.717) is 17.1 Å². The summed E-state index contributed by atoms with van der Waals surface area (Å²) in [7, 11) is 0. The van der Waals surface area contributed by atoms with Crippen LogP contribution in [0.3, 0.4) is 0 Å². The first-order valence-electron chi connectivity index (χ1n) is 4.85. The van der Waals surface area contributed by atoms with Crippen molar-refractivity contribution in [2.75, 3.05) is 11.5 Å². The quantitative estimate of drug-likeness (QED) is 0.788. The zero-order valence-corrected chi connectivity index (χ0v) is 8.78. The van der Waals surface area contributed by atoms with E-state index in [1.54, 1.807) is 0 Å². The lowest BCUT2D eigenvalue weighted by molar-refractivity contribution is 0.416. The van der Waals surface area contributed by atoms with Crippen LogP contribution in [0.4, 0.5) is 20.2 Å². The van der Waals surface area contributed by atoms with E-state index < -0.39 is 11.6 Å². The van der Waals surface area contributed by atoms with Gasteiger partial charge in [0.15, 0.2) is 11.6 Å². The Morgan fingerprint density at radius 2 is 1.71 bits per heavy atom. The molecule has 0 aliphatic rings. The number of rotatable bonds is 2. The second-order valence-corrected chi connectivity index (χ2v) is 3.44. The molecule has 0 aliphatic carbocycles. The number of anilines is 2. The Labute approximate surface area is 96.6 Å². The Kier molecular flexibility index (Phi) is 2.82. The van der Waals surface area contributed by atoms with Gasteiger partial charge in [0.2, 0.25) is 5.82 Å². The summed E-state index contributed by atoms with van der Waals surface area (Å²) >= 11 is 0. The van der Waals surface area contributed by atoms with Crippen molar-refractivity contribution in [1.29, 1.82) is 0 Å². The van der Waals surface area contributed by atoms with E-state index in [4.69, 9.17) is 16.2 Å². The van der Waals surface area contributed by atoms with Crippen molar-refractivity contribution in [3.8, 4) is 11.5 Å². The normalized spacial score (nSPS) is 10.2. The van der Waals surface area contributed by atoms with E-state index in [9.17, 15) is 8.78 Å². The van der Waals surface area contributed by atoms with Gasteiger partial charge < -0.3 is 16.2 Å². The minimum atomic E-state index is -1.04. The van der Waals surface area contributed by atoms with E-state index in [1.165, 1.54) is 30.3 Å². The second-order valence-electron chi connectivity index (χ2n) is 3.44. The van der Waals surface area contributed by atoms with E-state index >= 15 is 0 Å². The molecule has 2 rings (SSSR count). The van der Waals surface area contributed by atoms with Crippen molar-refractivity contribution in [1.82, 2.24) is 0 Å². The Bertz CT molecular complexity index is 558. The molecule has 0 amide bonds. The molecular weight excluding hydrogens is 226 g/mol. The first kappa shape index (κ1) is 11.2. The van der Waals surface area contributed by atoms with Gasteiger partial charge in [-0.3, -0.25) is 0 Å². The maximum absolute atomic E-state index is 13.3. The zero-order chi connectivity index (χ0) is 12.4. The second kappa shape index (κ2) is 4.29. The minimum Gasteiger partial charge on any atom is -0.454 e. The monoisotopic (exact) mass is 236 g/mol. The Hall–Kier alpha value is -2.30. The SMILES string of the molecule is Nc1ccc(Oc2cccc(F)c2F)cc1N. The molecule has 2 aromatic carbocycles. The minimum absolute atomic E-state index is 0.200. The fourth-order valence-corrected chi connectivity index (χ4v) is 1.31. The van der Waals surface area contributed by atoms with Crippen molar-refractivity contribution < 1.29 is 13.5 Å². The molecule has 0 aliphatic heterocycles. The summed E-state index contributed by atoms with van der Waals surface area (Å²) in [6, 6.07) is 8.19. The van der Waals surface area contributed by atoms with E-state index in [0.717, 1.165) is 6.07 Å². The number of halogens is 2. The van der Waals surface area contributed by atoms with Gasteiger partial charge in [0.1, 0.15) is 5.75 Å². The van der Waals surface area contributed by atoms with Gasteiger partial charge in [0.25, 0.3) is 0 Å². The first-order valence-corrected chi connectivity index (χ1v) is 4.85. The van der Waals surface area contributed by atoms with Crippen LogP contribution in [0.1, 0.15) is 0 Å². The van der Waals surface area contributed by atoms with Gasteiger partial charge in [0.05, 0.1) is 11.4 Å². The molecule has 3 nitrogen and oxygen atoms in total. The van der Waals surface area contributed by atoms with Crippen LogP contribution in [0.5, 0.6) is 11.5 Å². The first-order chi connectivity index (χ1) is 8.08. The maximum Gasteiger partial charge on any atom is 0.201 e. The highest BCUT2D eigenvalue weighted by Gasteiger charge is 2.09. The van der Waals surface area contributed by atoms with Gasteiger partial charge in [-0.1, -0.05) is 6.07 Å². The molecule has 88 valence electrons. The molecule has 5 heteroatoms. The third-order valence-electron chi connectivity index (χ3n) is 2.20. The Morgan fingerprint density at radius 3 is 2.41 bits per heavy atom. The molecule has 0 fully saturated rings. The molecule has 0 unspecified atom stereocenters. The summed E-state index contributed by atoms with van der Waals surface area (Å²) in [6.07, 6.45) is 0. The van der Waals surface area contributed by atoms with Gasteiger partial charge in [-0.2, -0.15) is 4.39 Å². The van der Waals surface area contributed by atoms with Crippen LogP contribution in [0.2, 0.25) is 0 Å². The van der Waals surface area contributed by atoms with Crippen LogP contribution in [0.15, 0.2) is 36.4 Å². The molecule has 0 aromatic heterocycles. The third-order valence-corrected chi connectivity index (χ3v) is 2.20. The molecule has 0 atom stereocenters. The fourth-order valence-electron chi connectivity index (χ4n) is 1.31. The highest BCUT2D eigenvalue weighted by atomic mass is 19.2. The molecule has 2 aromatic rings. The van der Waals surface area contributed by atoms with Gasteiger partial charge >= 0.3 is 0 Å². The van der Waals surface area contributed by atoms with Gasteiger partial charge in [-0.15, -0.1) is 0 Å².